The van der Waals surface area contributed by atoms with Crippen LogP contribution in [0.1, 0.15) is 23.6 Å². The second kappa shape index (κ2) is 7.03. The molecule has 0 saturated carbocycles. The Bertz CT molecular complexity index is 545. The number of aryl methyl sites for hydroxylation is 1. The van der Waals surface area contributed by atoms with Crippen molar-refractivity contribution in [1.29, 1.82) is 0 Å². The lowest BCUT2D eigenvalue weighted by Gasteiger charge is -2.17. The summed E-state index contributed by atoms with van der Waals surface area (Å²) in [5.74, 6) is 6.20. The van der Waals surface area contributed by atoms with Gasteiger partial charge in [0, 0.05) is 12.5 Å². The number of para-hydroxylation sites is 1. The van der Waals surface area contributed by atoms with Crippen LogP contribution in [-0.2, 0) is 0 Å². The van der Waals surface area contributed by atoms with Gasteiger partial charge in [0.1, 0.15) is 11.6 Å². The summed E-state index contributed by atoms with van der Waals surface area (Å²) < 4.78 is 18.9. The smallest absolute Gasteiger partial charge is 0.126 e. The van der Waals surface area contributed by atoms with Crippen molar-refractivity contribution >= 4 is 0 Å². The molecule has 1 unspecified atom stereocenters. The molecule has 2 aromatic rings. The van der Waals surface area contributed by atoms with Gasteiger partial charge in [-0.1, -0.05) is 30.3 Å². The lowest BCUT2D eigenvalue weighted by Crippen LogP contribution is -2.29. The van der Waals surface area contributed by atoms with Crippen LogP contribution in [0.2, 0.25) is 0 Å². The third kappa shape index (κ3) is 3.79. The van der Waals surface area contributed by atoms with E-state index in [2.05, 4.69) is 5.43 Å². The van der Waals surface area contributed by atoms with Crippen LogP contribution in [0.15, 0.2) is 48.5 Å². The Balaban J connectivity index is 1.93. The van der Waals surface area contributed by atoms with E-state index in [4.69, 9.17) is 10.6 Å². The van der Waals surface area contributed by atoms with Crippen molar-refractivity contribution in [2.24, 2.45) is 5.84 Å². The fourth-order valence-corrected chi connectivity index (χ4v) is 2.04. The van der Waals surface area contributed by atoms with Crippen LogP contribution in [0, 0.1) is 12.7 Å². The van der Waals surface area contributed by atoms with Gasteiger partial charge in [-0.3, -0.25) is 11.3 Å². The molecule has 106 valence electrons. The molecule has 0 bridgehead atoms. The molecule has 0 radical (unpaired) electrons. The molecule has 3 N–H and O–H groups in total. The number of rotatable bonds is 6. The molecule has 0 aromatic heterocycles. The minimum absolute atomic E-state index is 0.0574. The van der Waals surface area contributed by atoms with E-state index >= 15 is 0 Å². The standard InChI is InChI=1S/C16H19FN2O/c1-12-11-13(7-8-15(12)17)16(19-18)9-10-20-14-5-3-2-4-6-14/h2-8,11,16,19H,9-10,18H2,1H3. The second-order valence-electron chi connectivity index (χ2n) is 4.68. The van der Waals surface area contributed by atoms with Gasteiger partial charge in [0.15, 0.2) is 0 Å². The van der Waals surface area contributed by atoms with Crippen LogP contribution in [0.4, 0.5) is 4.39 Å². The summed E-state index contributed by atoms with van der Waals surface area (Å²) in [6, 6.07) is 14.6. The zero-order valence-corrected chi connectivity index (χ0v) is 11.5. The van der Waals surface area contributed by atoms with Crippen molar-refractivity contribution in [1.82, 2.24) is 5.43 Å². The van der Waals surface area contributed by atoms with Gasteiger partial charge in [-0.25, -0.2) is 4.39 Å². The summed E-state index contributed by atoms with van der Waals surface area (Å²) in [7, 11) is 0. The quantitative estimate of drug-likeness (QED) is 0.628. The molecule has 0 aliphatic rings. The highest BCUT2D eigenvalue weighted by Gasteiger charge is 2.11. The third-order valence-corrected chi connectivity index (χ3v) is 3.20. The first-order valence-electron chi connectivity index (χ1n) is 6.60. The molecule has 0 aliphatic heterocycles. The molecule has 0 heterocycles. The van der Waals surface area contributed by atoms with Crippen molar-refractivity contribution in [3.8, 4) is 5.75 Å². The third-order valence-electron chi connectivity index (χ3n) is 3.20. The zero-order chi connectivity index (χ0) is 14.4. The SMILES string of the molecule is Cc1cc(C(CCOc2ccccc2)NN)ccc1F. The van der Waals surface area contributed by atoms with E-state index < -0.39 is 0 Å². The van der Waals surface area contributed by atoms with Gasteiger partial charge in [0.25, 0.3) is 0 Å². The lowest BCUT2D eigenvalue weighted by atomic mass is 10.0. The van der Waals surface area contributed by atoms with Crippen LogP contribution in [0.3, 0.4) is 0 Å². The number of halogens is 1. The number of nitrogens with two attached hydrogens (primary N) is 1. The Labute approximate surface area is 118 Å². The van der Waals surface area contributed by atoms with Gasteiger partial charge in [-0.05, 0) is 36.2 Å². The average molecular weight is 274 g/mol. The molecule has 2 aromatic carbocycles. The Morgan fingerprint density at radius 1 is 1.20 bits per heavy atom. The van der Waals surface area contributed by atoms with E-state index in [1.165, 1.54) is 6.07 Å². The predicted molar refractivity (Wildman–Crippen MR) is 77.8 cm³/mol. The molecule has 2 rings (SSSR count). The normalized spacial score (nSPS) is 12.2. The number of ether oxygens (including phenoxy) is 1. The molecular weight excluding hydrogens is 255 g/mol. The van der Waals surface area contributed by atoms with E-state index in [1.54, 1.807) is 13.0 Å². The fraction of sp³-hybridized carbons (Fsp3) is 0.250. The van der Waals surface area contributed by atoms with Gasteiger partial charge in [-0.15, -0.1) is 0 Å². The first-order valence-corrected chi connectivity index (χ1v) is 6.60. The van der Waals surface area contributed by atoms with Gasteiger partial charge in [0.05, 0.1) is 6.61 Å². The van der Waals surface area contributed by atoms with Crippen LogP contribution < -0.4 is 16.0 Å². The minimum atomic E-state index is -0.204. The van der Waals surface area contributed by atoms with E-state index in [0.717, 1.165) is 11.3 Å². The van der Waals surface area contributed by atoms with Gasteiger partial charge < -0.3 is 4.74 Å². The summed E-state index contributed by atoms with van der Waals surface area (Å²) in [6.07, 6.45) is 0.705. The van der Waals surface area contributed by atoms with Crippen LogP contribution in [-0.4, -0.2) is 6.61 Å². The van der Waals surface area contributed by atoms with E-state index in [9.17, 15) is 4.39 Å². The van der Waals surface area contributed by atoms with Crippen molar-refractivity contribution in [3.05, 3.63) is 65.5 Å². The van der Waals surface area contributed by atoms with Gasteiger partial charge in [0.2, 0.25) is 0 Å². The molecule has 4 heteroatoms. The fourth-order valence-electron chi connectivity index (χ4n) is 2.04. The number of hydrazine groups is 1. The molecule has 20 heavy (non-hydrogen) atoms. The van der Waals surface area contributed by atoms with E-state index in [0.29, 0.717) is 18.6 Å². The average Bonchev–Trinajstić information content (AvgIpc) is 2.48. The first-order chi connectivity index (χ1) is 9.70. The van der Waals surface area contributed by atoms with Crippen LogP contribution in [0.5, 0.6) is 5.75 Å². The Kier molecular flexibility index (Phi) is 5.09. The van der Waals surface area contributed by atoms with Crippen molar-refractivity contribution in [2.45, 2.75) is 19.4 Å². The lowest BCUT2D eigenvalue weighted by molar-refractivity contribution is 0.287. The van der Waals surface area contributed by atoms with Crippen molar-refractivity contribution in [3.63, 3.8) is 0 Å². The van der Waals surface area contributed by atoms with Crippen molar-refractivity contribution < 1.29 is 9.13 Å². The summed E-state index contributed by atoms with van der Waals surface area (Å²) >= 11 is 0. The Morgan fingerprint density at radius 2 is 1.95 bits per heavy atom. The van der Waals surface area contributed by atoms with Gasteiger partial charge >= 0.3 is 0 Å². The molecular formula is C16H19FN2O. The second-order valence-corrected chi connectivity index (χ2v) is 4.68. The summed E-state index contributed by atoms with van der Waals surface area (Å²) in [4.78, 5) is 0. The minimum Gasteiger partial charge on any atom is -0.494 e. The molecule has 3 nitrogen and oxygen atoms in total. The summed E-state index contributed by atoms with van der Waals surface area (Å²) in [5, 5.41) is 0. The number of nitrogens with one attached hydrogen (secondary N) is 1. The molecule has 1 atom stereocenters. The molecule has 0 saturated heterocycles. The van der Waals surface area contributed by atoms with E-state index in [-0.39, 0.29) is 11.9 Å². The van der Waals surface area contributed by atoms with Crippen LogP contribution in [0.25, 0.3) is 0 Å². The maximum atomic E-state index is 13.3. The highest BCUT2D eigenvalue weighted by molar-refractivity contribution is 5.26. The molecule has 0 aliphatic carbocycles. The maximum absolute atomic E-state index is 13.3. The number of benzene rings is 2. The summed E-state index contributed by atoms with van der Waals surface area (Å²) in [6.45, 7) is 2.28. The largest absolute Gasteiger partial charge is 0.494 e. The maximum Gasteiger partial charge on any atom is 0.126 e. The first kappa shape index (κ1) is 14.5. The van der Waals surface area contributed by atoms with E-state index in [1.807, 2.05) is 36.4 Å². The Hall–Kier alpha value is -1.91. The molecule has 0 spiro atoms. The number of hydrogen-bond acceptors (Lipinski definition) is 3. The predicted octanol–water partition coefficient (Wildman–Crippen LogP) is 3.11. The van der Waals surface area contributed by atoms with Gasteiger partial charge in [-0.2, -0.15) is 0 Å². The number of hydrogen-bond donors (Lipinski definition) is 2. The van der Waals surface area contributed by atoms with Crippen molar-refractivity contribution in [2.75, 3.05) is 6.61 Å². The van der Waals surface area contributed by atoms with Crippen LogP contribution >= 0.6 is 0 Å². The monoisotopic (exact) mass is 274 g/mol. The molecule has 0 fully saturated rings. The molecule has 0 amide bonds. The topological polar surface area (TPSA) is 47.3 Å². The summed E-state index contributed by atoms with van der Waals surface area (Å²) in [5.41, 5.74) is 4.33. The zero-order valence-electron chi connectivity index (χ0n) is 11.5. The Morgan fingerprint density at radius 3 is 2.60 bits per heavy atom. The highest BCUT2D eigenvalue weighted by atomic mass is 19.1. The highest BCUT2D eigenvalue weighted by Crippen LogP contribution is 2.19.